The molecule has 1 amide bonds. The van der Waals surface area contributed by atoms with Crippen molar-refractivity contribution in [2.45, 2.75) is 51.9 Å². The fourth-order valence-electron chi connectivity index (χ4n) is 2.58. The predicted octanol–water partition coefficient (Wildman–Crippen LogP) is 1.53. The standard InChI is InChI=1S/C14H26N2O3/c1-2-9-15-10-12(17)16-11-14(13(18)19)7-5-3-4-6-8-14/h15H,2-11H2,1H3,(H,16,17)(H,18,19). The van der Waals surface area contributed by atoms with Gasteiger partial charge in [-0.3, -0.25) is 9.59 Å². The van der Waals surface area contributed by atoms with E-state index in [9.17, 15) is 14.7 Å². The van der Waals surface area contributed by atoms with E-state index in [1.165, 1.54) is 0 Å². The second-order valence-electron chi connectivity index (χ2n) is 5.45. The topological polar surface area (TPSA) is 78.4 Å². The molecule has 19 heavy (non-hydrogen) atoms. The van der Waals surface area contributed by atoms with E-state index in [0.717, 1.165) is 38.6 Å². The number of carboxylic acids is 1. The van der Waals surface area contributed by atoms with Crippen LogP contribution in [-0.4, -0.2) is 36.6 Å². The zero-order valence-electron chi connectivity index (χ0n) is 11.8. The summed E-state index contributed by atoms with van der Waals surface area (Å²) in [7, 11) is 0. The van der Waals surface area contributed by atoms with Crippen LogP contribution in [0.15, 0.2) is 0 Å². The molecule has 1 fully saturated rings. The van der Waals surface area contributed by atoms with Crippen LogP contribution < -0.4 is 10.6 Å². The number of rotatable bonds is 7. The number of carboxylic acid groups (broad SMARTS) is 1. The second-order valence-corrected chi connectivity index (χ2v) is 5.45. The molecular formula is C14H26N2O3. The molecule has 1 saturated carbocycles. The van der Waals surface area contributed by atoms with Crippen LogP contribution in [0.1, 0.15) is 51.9 Å². The van der Waals surface area contributed by atoms with Crippen LogP contribution >= 0.6 is 0 Å². The minimum absolute atomic E-state index is 0.113. The van der Waals surface area contributed by atoms with Crippen LogP contribution in [0.25, 0.3) is 0 Å². The van der Waals surface area contributed by atoms with E-state index in [0.29, 0.717) is 12.8 Å². The number of carbonyl (C=O) groups excluding carboxylic acids is 1. The first-order valence-corrected chi connectivity index (χ1v) is 7.31. The fraction of sp³-hybridized carbons (Fsp3) is 0.857. The number of aliphatic carboxylic acids is 1. The van der Waals surface area contributed by atoms with Gasteiger partial charge in [0.2, 0.25) is 5.91 Å². The Kier molecular flexibility index (Phi) is 6.84. The normalized spacial score (nSPS) is 18.6. The van der Waals surface area contributed by atoms with Crippen molar-refractivity contribution < 1.29 is 14.7 Å². The maximum atomic E-state index is 11.6. The zero-order chi connectivity index (χ0) is 14.1. The van der Waals surface area contributed by atoms with Gasteiger partial charge in [-0.1, -0.05) is 32.6 Å². The van der Waals surface area contributed by atoms with E-state index in [2.05, 4.69) is 10.6 Å². The van der Waals surface area contributed by atoms with Crippen LogP contribution in [0.4, 0.5) is 0 Å². The Bertz CT molecular complexity index is 297. The zero-order valence-corrected chi connectivity index (χ0v) is 11.8. The molecule has 1 rings (SSSR count). The van der Waals surface area contributed by atoms with E-state index < -0.39 is 11.4 Å². The molecule has 5 nitrogen and oxygen atoms in total. The summed E-state index contributed by atoms with van der Waals surface area (Å²) in [5.74, 6) is -0.880. The van der Waals surface area contributed by atoms with E-state index in [-0.39, 0.29) is 19.0 Å². The largest absolute Gasteiger partial charge is 0.481 e. The van der Waals surface area contributed by atoms with E-state index in [1.54, 1.807) is 0 Å². The van der Waals surface area contributed by atoms with Gasteiger partial charge in [0, 0.05) is 6.54 Å². The monoisotopic (exact) mass is 270 g/mol. The Hall–Kier alpha value is -1.10. The molecule has 0 unspecified atom stereocenters. The summed E-state index contributed by atoms with van der Waals surface area (Å²) in [5, 5.41) is 15.3. The highest BCUT2D eigenvalue weighted by atomic mass is 16.4. The van der Waals surface area contributed by atoms with Gasteiger partial charge in [-0.2, -0.15) is 0 Å². The van der Waals surface area contributed by atoms with Crippen molar-refractivity contribution in [3.8, 4) is 0 Å². The smallest absolute Gasteiger partial charge is 0.311 e. The summed E-state index contributed by atoms with van der Waals surface area (Å²) < 4.78 is 0. The maximum absolute atomic E-state index is 11.6. The van der Waals surface area contributed by atoms with Gasteiger partial charge < -0.3 is 15.7 Å². The molecule has 5 heteroatoms. The molecule has 110 valence electrons. The van der Waals surface area contributed by atoms with Crippen molar-refractivity contribution in [2.24, 2.45) is 5.41 Å². The Balaban J connectivity index is 2.45. The van der Waals surface area contributed by atoms with Gasteiger partial charge >= 0.3 is 5.97 Å². The van der Waals surface area contributed by atoms with E-state index >= 15 is 0 Å². The SMILES string of the molecule is CCCNCC(=O)NCC1(C(=O)O)CCCCCC1. The summed E-state index contributed by atoms with van der Waals surface area (Å²) in [6.07, 6.45) is 6.40. The summed E-state index contributed by atoms with van der Waals surface area (Å²) >= 11 is 0. The van der Waals surface area contributed by atoms with Gasteiger partial charge in [0.05, 0.1) is 12.0 Å². The third-order valence-electron chi connectivity index (χ3n) is 3.85. The average Bonchev–Trinajstić information content (AvgIpc) is 2.63. The molecular weight excluding hydrogens is 244 g/mol. The molecule has 0 aromatic heterocycles. The van der Waals surface area contributed by atoms with E-state index in [4.69, 9.17) is 0 Å². The van der Waals surface area contributed by atoms with Crippen molar-refractivity contribution >= 4 is 11.9 Å². The molecule has 0 heterocycles. The van der Waals surface area contributed by atoms with Crippen molar-refractivity contribution in [3.63, 3.8) is 0 Å². The number of nitrogens with one attached hydrogen (secondary N) is 2. The van der Waals surface area contributed by atoms with Crippen LogP contribution in [0.5, 0.6) is 0 Å². The Labute approximate surface area is 115 Å². The summed E-state index contributed by atoms with van der Waals surface area (Å²) in [6, 6.07) is 0. The van der Waals surface area contributed by atoms with Crippen molar-refractivity contribution in [1.82, 2.24) is 10.6 Å². The highest BCUT2D eigenvalue weighted by Crippen LogP contribution is 2.34. The molecule has 0 atom stereocenters. The number of hydrogen-bond donors (Lipinski definition) is 3. The first kappa shape index (κ1) is 16.0. The quantitative estimate of drug-likeness (QED) is 0.484. The third-order valence-corrected chi connectivity index (χ3v) is 3.85. The van der Waals surface area contributed by atoms with Crippen LogP contribution in [0, 0.1) is 5.41 Å². The minimum atomic E-state index is -0.767. The fourth-order valence-corrected chi connectivity index (χ4v) is 2.58. The number of carbonyl (C=O) groups is 2. The molecule has 3 N–H and O–H groups in total. The van der Waals surface area contributed by atoms with Crippen LogP contribution in [0.2, 0.25) is 0 Å². The van der Waals surface area contributed by atoms with Crippen molar-refractivity contribution in [1.29, 1.82) is 0 Å². The Morgan fingerprint density at radius 1 is 1.16 bits per heavy atom. The van der Waals surface area contributed by atoms with Crippen LogP contribution in [0.3, 0.4) is 0 Å². The van der Waals surface area contributed by atoms with Gasteiger partial charge in [0.25, 0.3) is 0 Å². The first-order chi connectivity index (χ1) is 9.10. The van der Waals surface area contributed by atoms with Gasteiger partial charge in [-0.15, -0.1) is 0 Å². The molecule has 0 aromatic rings. The third kappa shape index (κ3) is 5.19. The van der Waals surface area contributed by atoms with Crippen LogP contribution in [-0.2, 0) is 9.59 Å². The minimum Gasteiger partial charge on any atom is -0.481 e. The molecule has 1 aliphatic rings. The molecule has 0 aliphatic heterocycles. The molecule has 0 aromatic carbocycles. The molecule has 0 saturated heterocycles. The lowest BCUT2D eigenvalue weighted by molar-refractivity contribution is -0.149. The lowest BCUT2D eigenvalue weighted by atomic mass is 9.80. The van der Waals surface area contributed by atoms with Gasteiger partial charge in [-0.05, 0) is 25.8 Å². The van der Waals surface area contributed by atoms with Crippen molar-refractivity contribution in [2.75, 3.05) is 19.6 Å². The molecule has 0 bridgehead atoms. The highest BCUT2D eigenvalue weighted by Gasteiger charge is 2.38. The highest BCUT2D eigenvalue weighted by molar-refractivity contribution is 5.80. The lowest BCUT2D eigenvalue weighted by Gasteiger charge is -2.28. The Morgan fingerprint density at radius 3 is 2.32 bits per heavy atom. The molecule has 0 radical (unpaired) electrons. The Morgan fingerprint density at radius 2 is 1.79 bits per heavy atom. The average molecular weight is 270 g/mol. The van der Waals surface area contributed by atoms with Gasteiger partial charge in [-0.25, -0.2) is 0 Å². The summed E-state index contributed by atoms with van der Waals surface area (Å²) in [6.45, 7) is 3.37. The van der Waals surface area contributed by atoms with Gasteiger partial charge in [0.1, 0.15) is 0 Å². The number of amides is 1. The summed E-state index contributed by atoms with van der Waals surface area (Å²) in [4.78, 5) is 23.2. The van der Waals surface area contributed by atoms with Gasteiger partial charge in [0.15, 0.2) is 0 Å². The lowest BCUT2D eigenvalue weighted by Crippen LogP contribution is -2.45. The second kappa shape index (κ2) is 8.15. The van der Waals surface area contributed by atoms with Crippen molar-refractivity contribution in [3.05, 3.63) is 0 Å². The number of hydrogen-bond acceptors (Lipinski definition) is 3. The van der Waals surface area contributed by atoms with E-state index in [1.807, 2.05) is 6.92 Å². The summed E-state index contributed by atoms with van der Waals surface area (Å²) in [5.41, 5.74) is -0.753. The maximum Gasteiger partial charge on any atom is 0.311 e. The predicted molar refractivity (Wildman–Crippen MR) is 73.9 cm³/mol. The molecule has 1 aliphatic carbocycles. The first-order valence-electron chi connectivity index (χ1n) is 7.31. The molecule has 0 spiro atoms.